The largest absolute Gasteiger partial charge is 0.347 e. The van der Waals surface area contributed by atoms with Gasteiger partial charge in [0.05, 0.1) is 6.54 Å². The maximum absolute atomic E-state index is 11.3. The van der Waals surface area contributed by atoms with Crippen molar-refractivity contribution in [3.63, 3.8) is 0 Å². The third kappa shape index (κ3) is 3.40. The van der Waals surface area contributed by atoms with E-state index >= 15 is 0 Å². The van der Waals surface area contributed by atoms with Gasteiger partial charge in [-0.25, -0.2) is 0 Å². The Kier molecular flexibility index (Phi) is 4.37. The Bertz CT molecular complexity index is 350. The predicted molar refractivity (Wildman–Crippen MR) is 55.8 cm³/mol. The summed E-state index contributed by atoms with van der Waals surface area (Å²) in [5.41, 5.74) is 0.373. The maximum Gasteiger partial charge on any atom is 0.251 e. The third-order valence-electron chi connectivity index (χ3n) is 1.71. The van der Waals surface area contributed by atoms with Crippen molar-refractivity contribution in [3.05, 3.63) is 29.8 Å². The van der Waals surface area contributed by atoms with Crippen LogP contribution in [0, 0.1) is 0 Å². The summed E-state index contributed by atoms with van der Waals surface area (Å²) in [6, 6.07) is 5.86. The average Bonchev–Trinajstić information content (AvgIpc) is 2.26. The summed E-state index contributed by atoms with van der Waals surface area (Å²) in [4.78, 5) is 39.0. The van der Waals surface area contributed by atoms with Gasteiger partial charge in [0.2, 0.25) is 0 Å². The van der Waals surface area contributed by atoms with Crippen LogP contribution in [0.5, 0.6) is 0 Å². The number of hydrogen-bond acceptors (Lipinski definition) is 4. The zero-order valence-corrected chi connectivity index (χ0v) is 8.65. The molecule has 0 bridgehead atoms. The highest BCUT2D eigenvalue weighted by atomic mass is 31.2. The molecule has 1 rings (SSSR count). The first-order chi connectivity index (χ1) is 7.15. The van der Waals surface area contributed by atoms with E-state index in [2.05, 4.69) is 5.32 Å². The van der Waals surface area contributed by atoms with Gasteiger partial charge in [0, 0.05) is 10.9 Å². The van der Waals surface area contributed by atoms with Crippen LogP contribution in [0.2, 0.25) is 0 Å². The molecule has 0 radical (unpaired) electrons. The molecule has 0 aliphatic carbocycles. The Morgan fingerprint density at radius 3 is 2.40 bits per heavy atom. The number of amides is 1. The van der Waals surface area contributed by atoms with Crippen LogP contribution in [-0.4, -0.2) is 28.5 Å². The topological polar surface area (TPSA) is 86.6 Å². The fourth-order valence-corrected chi connectivity index (χ4v) is 1.40. The van der Waals surface area contributed by atoms with E-state index in [1.165, 1.54) is 24.3 Å². The van der Waals surface area contributed by atoms with Gasteiger partial charge in [-0.3, -0.25) is 4.79 Å². The number of rotatable bonds is 4. The average molecular weight is 227 g/mol. The Balaban J connectivity index is 2.71. The van der Waals surface area contributed by atoms with E-state index in [0.717, 1.165) is 0 Å². The molecule has 0 fully saturated rings. The number of benzene rings is 1. The molecule has 0 unspecified atom stereocenters. The lowest BCUT2D eigenvalue weighted by molar-refractivity contribution is -0.107. The van der Waals surface area contributed by atoms with E-state index in [0.29, 0.717) is 17.2 Å². The molecule has 5 nitrogen and oxygen atoms in total. The normalized spacial score (nSPS) is 10.1. The zero-order chi connectivity index (χ0) is 11.3. The van der Waals surface area contributed by atoms with Gasteiger partial charge < -0.3 is 19.9 Å². The minimum absolute atomic E-state index is 0.0344. The Labute approximate surface area is 87.7 Å². The van der Waals surface area contributed by atoms with E-state index in [1.54, 1.807) is 0 Å². The van der Waals surface area contributed by atoms with Crippen molar-refractivity contribution < 1.29 is 19.4 Å². The van der Waals surface area contributed by atoms with Gasteiger partial charge in [0.15, 0.2) is 8.38 Å². The fraction of sp³-hybridized carbons (Fsp3) is 0.111. The van der Waals surface area contributed by atoms with Gasteiger partial charge in [-0.05, 0) is 24.3 Å². The molecule has 0 atom stereocenters. The molecular formula is C9H10NO4P. The van der Waals surface area contributed by atoms with Crippen molar-refractivity contribution >= 4 is 25.9 Å². The second kappa shape index (κ2) is 5.56. The van der Waals surface area contributed by atoms with Crippen LogP contribution >= 0.6 is 8.38 Å². The molecule has 15 heavy (non-hydrogen) atoms. The van der Waals surface area contributed by atoms with Crippen LogP contribution in [0.25, 0.3) is 0 Å². The van der Waals surface area contributed by atoms with Gasteiger partial charge in [-0.1, -0.05) is 0 Å². The van der Waals surface area contributed by atoms with Crippen LogP contribution < -0.4 is 10.6 Å². The molecule has 0 heterocycles. The fourth-order valence-electron chi connectivity index (χ4n) is 0.983. The summed E-state index contributed by atoms with van der Waals surface area (Å²) in [7, 11) is -2.13. The van der Waals surface area contributed by atoms with Crippen LogP contribution in [0.15, 0.2) is 24.3 Å². The van der Waals surface area contributed by atoms with E-state index in [9.17, 15) is 9.59 Å². The zero-order valence-electron chi connectivity index (χ0n) is 7.75. The SMILES string of the molecule is O=CCNC(=O)c1ccc(P(O)O)cc1. The molecule has 0 saturated carbocycles. The van der Waals surface area contributed by atoms with Crippen molar-refractivity contribution in [2.24, 2.45) is 0 Å². The van der Waals surface area contributed by atoms with Gasteiger partial charge in [0.25, 0.3) is 5.91 Å². The standard InChI is InChI=1S/C9H10NO4P/c11-6-5-10-9(12)7-1-3-8(4-2-7)15(13)14/h1-4,6,13-14H,5H2,(H,10,12). The molecule has 6 heteroatoms. The van der Waals surface area contributed by atoms with E-state index in [4.69, 9.17) is 9.79 Å². The predicted octanol–water partition coefficient (Wildman–Crippen LogP) is -0.463. The smallest absolute Gasteiger partial charge is 0.251 e. The third-order valence-corrected chi connectivity index (χ3v) is 2.47. The lowest BCUT2D eigenvalue weighted by Crippen LogP contribution is -2.25. The molecule has 3 N–H and O–H groups in total. The van der Waals surface area contributed by atoms with Crippen molar-refractivity contribution in [1.29, 1.82) is 0 Å². The first-order valence-corrected chi connectivity index (χ1v) is 5.39. The Morgan fingerprint density at radius 1 is 1.33 bits per heavy atom. The monoisotopic (exact) mass is 227 g/mol. The molecular weight excluding hydrogens is 217 g/mol. The molecule has 0 aromatic heterocycles. The molecule has 0 saturated heterocycles. The minimum Gasteiger partial charge on any atom is -0.347 e. The summed E-state index contributed by atoms with van der Waals surface area (Å²) in [5, 5.41) is 2.74. The minimum atomic E-state index is -2.13. The summed E-state index contributed by atoms with van der Waals surface area (Å²) in [6.45, 7) is -0.0344. The molecule has 0 aliphatic heterocycles. The van der Waals surface area contributed by atoms with Crippen molar-refractivity contribution in [2.75, 3.05) is 6.54 Å². The van der Waals surface area contributed by atoms with Crippen molar-refractivity contribution in [3.8, 4) is 0 Å². The highest BCUT2D eigenvalue weighted by molar-refractivity contribution is 7.54. The number of carbonyl (C=O) groups is 2. The van der Waals surface area contributed by atoms with E-state index in [1.807, 2.05) is 0 Å². The second-order valence-corrected chi connectivity index (χ2v) is 3.81. The number of aldehydes is 1. The maximum atomic E-state index is 11.3. The van der Waals surface area contributed by atoms with Gasteiger partial charge >= 0.3 is 0 Å². The van der Waals surface area contributed by atoms with E-state index < -0.39 is 8.38 Å². The summed E-state index contributed by atoms with van der Waals surface area (Å²) >= 11 is 0. The first-order valence-electron chi connectivity index (χ1n) is 4.15. The van der Waals surface area contributed by atoms with E-state index in [-0.39, 0.29) is 12.5 Å². The second-order valence-electron chi connectivity index (χ2n) is 2.71. The van der Waals surface area contributed by atoms with Crippen LogP contribution in [0.4, 0.5) is 0 Å². The highest BCUT2D eigenvalue weighted by Crippen LogP contribution is 2.21. The van der Waals surface area contributed by atoms with Crippen molar-refractivity contribution in [2.45, 2.75) is 0 Å². The Hall–Kier alpha value is -1.29. The van der Waals surface area contributed by atoms with Gasteiger partial charge in [0.1, 0.15) is 6.29 Å². The summed E-state index contributed by atoms with van der Waals surface area (Å²) < 4.78 is 0. The Morgan fingerprint density at radius 2 is 1.93 bits per heavy atom. The quantitative estimate of drug-likeness (QED) is 0.479. The number of hydrogen-bond donors (Lipinski definition) is 3. The van der Waals surface area contributed by atoms with Crippen LogP contribution in [0.1, 0.15) is 10.4 Å². The van der Waals surface area contributed by atoms with Gasteiger partial charge in [-0.2, -0.15) is 0 Å². The lowest BCUT2D eigenvalue weighted by Gasteiger charge is -2.04. The number of nitrogens with one attached hydrogen (secondary N) is 1. The molecule has 0 aliphatic rings. The summed E-state index contributed by atoms with van der Waals surface area (Å²) in [6.07, 6.45) is 0.590. The summed E-state index contributed by atoms with van der Waals surface area (Å²) in [5.74, 6) is -0.367. The lowest BCUT2D eigenvalue weighted by atomic mass is 10.2. The van der Waals surface area contributed by atoms with Crippen molar-refractivity contribution in [1.82, 2.24) is 5.32 Å². The highest BCUT2D eigenvalue weighted by Gasteiger charge is 2.07. The molecule has 0 spiro atoms. The molecule has 1 amide bonds. The van der Waals surface area contributed by atoms with Crippen LogP contribution in [-0.2, 0) is 4.79 Å². The first kappa shape index (κ1) is 11.8. The molecule has 80 valence electrons. The number of carbonyl (C=O) groups excluding carboxylic acids is 2. The molecule has 1 aromatic carbocycles. The van der Waals surface area contributed by atoms with Gasteiger partial charge in [-0.15, -0.1) is 0 Å². The van der Waals surface area contributed by atoms with Crippen LogP contribution in [0.3, 0.4) is 0 Å². The molecule has 1 aromatic rings.